The summed E-state index contributed by atoms with van der Waals surface area (Å²) in [5, 5.41) is 4.55. The molecule has 1 aliphatic heterocycles. The van der Waals surface area contributed by atoms with E-state index in [1.807, 2.05) is 6.07 Å². The van der Waals surface area contributed by atoms with E-state index in [0.29, 0.717) is 48.3 Å². The van der Waals surface area contributed by atoms with Crippen molar-refractivity contribution in [3.63, 3.8) is 0 Å². The van der Waals surface area contributed by atoms with Gasteiger partial charge in [0.1, 0.15) is 17.3 Å². The van der Waals surface area contributed by atoms with Crippen molar-refractivity contribution < 1.29 is 18.9 Å². The molecule has 0 spiro atoms. The Balaban J connectivity index is 1.75. The van der Waals surface area contributed by atoms with Crippen LogP contribution in [0.15, 0.2) is 29.2 Å². The lowest BCUT2D eigenvalue weighted by Gasteiger charge is -2.24. The molecule has 2 unspecified atom stereocenters. The molecule has 0 bridgehead atoms. The van der Waals surface area contributed by atoms with E-state index in [0.717, 1.165) is 23.7 Å². The molecule has 1 saturated carbocycles. The maximum absolute atomic E-state index is 14.2. The molecular weight excluding hydrogens is 507 g/mol. The van der Waals surface area contributed by atoms with Crippen molar-refractivity contribution in [3.8, 4) is 22.6 Å². The summed E-state index contributed by atoms with van der Waals surface area (Å²) in [5.41, 5.74) is 6.82. The van der Waals surface area contributed by atoms with E-state index in [1.165, 1.54) is 14.2 Å². The van der Waals surface area contributed by atoms with E-state index in [9.17, 15) is 4.79 Å². The Morgan fingerprint density at radius 3 is 2.39 bits per heavy atom. The Kier molecular flexibility index (Phi) is 6.78. The third-order valence-electron chi connectivity index (χ3n) is 6.90. The standard InChI is InChI=1S/C25H28Cl2N4O5/c1-33-12-25(4-5-25)31-17-7-20(30-16-11-36-10-15(16)28)29-9-13(17)6-14(24(31)32)21-22(26)18(34-2)8-19(35-3)23(21)27/h6-9,15-16H,4-5,10-12,28H2,1-3H3,(H,29,30). The van der Waals surface area contributed by atoms with Crippen molar-refractivity contribution in [2.45, 2.75) is 30.5 Å². The lowest BCUT2D eigenvalue weighted by Crippen LogP contribution is -2.39. The van der Waals surface area contributed by atoms with E-state index in [1.54, 1.807) is 30.0 Å². The number of fused-ring (bicyclic) bond motifs is 1. The largest absolute Gasteiger partial charge is 0.495 e. The van der Waals surface area contributed by atoms with E-state index in [-0.39, 0.29) is 27.7 Å². The first-order chi connectivity index (χ1) is 17.3. The predicted octanol–water partition coefficient (Wildman–Crippen LogP) is 3.66. The number of nitrogens with two attached hydrogens (primary N) is 1. The molecule has 192 valence electrons. The minimum atomic E-state index is -0.479. The fourth-order valence-corrected chi connectivity index (χ4v) is 5.52. The molecule has 0 amide bonds. The molecular formula is C25H28Cl2N4O5. The Morgan fingerprint density at radius 2 is 1.83 bits per heavy atom. The monoisotopic (exact) mass is 534 g/mol. The predicted molar refractivity (Wildman–Crippen MR) is 140 cm³/mol. The molecule has 0 radical (unpaired) electrons. The molecule has 2 fully saturated rings. The van der Waals surface area contributed by atoms with Gasteiger partial charge in [0, 0.05) is 36.4 Å². The number of methoxy groups -OCH3 is 3. The molecule has 3 heterocycles. The average molecular weight is 535 g/mol. The number of pyridine rings is 2. The zero-order valence-electron chi connectivity index (χ0n) is 20.3. The van der Waals surface area contributed by atoms with E-state index >= 15 is 0 Å². The quantitative estimate of drug-likeness (QED) is 0.450. The van der Waals surface area contributed by atoms with E-state index in [4.69, 9.17) is 47.9 Å². The van der Waals surface area contributed by atoms with Gasteiger partial charge >= 0.3 is 0 Å². The second kappa shape index (κ2) is 9.72. The second-order valence-corrected chi connectivity index (χ2v) is 9.98. The van der Waals surface area contributed by atoms with Gasteiger partial charge in [-0.3, -0.25) is 9.36 Å². The molecule has 11 heteroatoms. The molecule has 5 rings (SSSR count). The molecule has 2 aromatic heterocycles. The van der Waals surface area contributed by atoms with Gasteiger partial charge in [-0.25, -0.2) is 4.98 Å². The van der Waals surface area contributed by atoms with Gasteiger partial charge < -0.3 is 30.0 Å². The van der Waals surface area contributed by atoms with Crippen molar-refractivity contribution in [2.75, 3.05) is 46.5 Å². The molecule has 2 aliphatic rings. The van der Waals surface area contributed by atoms with Crippen molar-refractivity contribution >= 4 is 39.9 Å². The van der Waals surface area contributed by atoms with Crippen LogP contribution in [0.3, 0.4) is 0 Å². The molecule has 3 N–H and O–H groups in total. The highest BCUT2D eigenvalue weighted by Gasteiger charge is 2.47. The van der Waals surface area contributed by atoms with Gasteiger partial charge in [0.25, 0.3) is 5.56 Å². The number of halogens is 2. The molecule has 1 aromatic carbocycles. The van der Waals surface area contributed by atoms with E-state index < -0.39 is 5.54 Å². The lowest BCUT2D eigenvalue weighted by molar-refractivity contribution is 0.144. The minimum Gasteiger partial charge on any atom is -0.495 e. The number of rotatable bonds is 8. The van der Waals surface area contributed by atoms with Crippen LogP contribution in [0.1, 0.15) is 12.8 Å². The third kappa shape index (κ3) is 4.18. The van der Waals surface area contributed by atoms with Crippen LogP contribution in [0.4, 0.5) is 5.82 Å². The van der Waals surface area contributed by atoms with Crippen molar-refractivity contribution in [1.82, 2.24) is 9.55 Å². The smallest absolute Gasteiger partial charge is 0.259 e. The van der Waals surface area contributed by atoms with Gasteiger partial charge in [-0.15, -0.1) is 0 Å². The van der Waals surface area contributed by atoms with Crippen LogP contribution in [-0.4, -0.2) is 62.8 Å². The zero-order chi connectivity index (χ0) is 25.6. The summed E-state index contributed by atoms with van der Waals surface area (Å²) in [5.74, 6) is 1.32. The van der Waals surface area contributed by atoms with Crippen LogP contribution in [0.25, 0.3) is 22.0 Å². The highest BCUT2D eigenvalue weighted by molar-refractivity contribution is 6.41. The van der Waals surface area contributed by atoms with Crippen LogP contribution in [0, 0.1) is 0 Å². The summed E-state index contributed by atoms with van der Waals surface area (Å²) in [6, 6.07) is 5.02. The Labute approximate surface area is 218 Å². The van der Waals surface area contributed by atoms with Gasteiger partial charge in [-0.1, -0.05) is 23.2 Å². The van der Waals surface area contributed by atoms with Gasteiger partial charge in [0.2, 0.25) is 0 Å². The average Bonchev–Trinajstić information content (AvgIpc) is 3.53. The van der Waals surface area contributed by atoms with Crippen LogP contribution < -0.4 is 26.1 Å². The maximum Gasteiger partial charge on any atom is 0.259 e. The first-order valence-corrected chi connectivity index (χ1v) is 12.3. The lowest BCUT2D eigenvalue weighted by atomic mass is 10.0. The van der Waals surface area contributed by atoms with Crippen LogP contribution in [0.5, 0.6) is 11.5 Å². The number of aromatic nitrogens is 2. The number of hydrogen-bond donors (Lipinski definition) is 2. The SMILES string of the molecule is COCC1(n2c(=O)c(-c3c(Cl)c(OC)cc(OC)c3Cl)cc3cnc(NC4COCC4N)cc32)CC1. The highest BCUT2D eigenvalue weighted by Crippen LogP contribution is 2.48. The number of nitrogens with one attached hydrogen (secondary N) is 1. The molecule has 9 nitrogen and oxygen atoms in total. The second-order valence-electron chi connectivity index (χ2n) is 9.22. The molecule has 36 heavy (non-hydrogen) atoms. The Bertz CT molecular complexity index is 1350. The molecule has 1 saturated heterocycles. The molecule has 1 aliphatic carbocycles. The Morgan fingerprint density at radius 1 is 1.14 bits per heavy atom. The van der Waals surface area contributed by atoms with Gasteiger partial charge in [-0.2, -0.15) is 0 Å². The van der Waals surface area contributed by atoms with Crippen molar-refractivity contribution in [3.05, 3.63) is 44.8 Å². The van der Waals surface area contributed by atoms with Crippen molar-refractivity contribution in [2.24, 2.45) is 5.73 Å². The normalized spacial score (nSPS) is 20.5. The molecule has 3 aromatic rings. The fourth-order valence-electron chi connectivity index (χ4n) is 4.81. The van der Waals surface area contributed by atoms with Gasteiger partial charge in [0.05, 0.1) is 72.8 Å². The summed E-state index contributed by atoms with van der Waals surface area (Å²) in [4.78, 5) is 18.8. The van der Waals surface area contributed by atoms with Crippen LogP contribution >= 0.6 is 23.2 Å². The summed E-state index contributed by atoms with van der Waals surface area (Å²) in [6.45, 7) is 1.37. The number of nitrogens with zero attached hydrogens (tertiary/aromatic N) is 2. The van der Waals surface area contributed by atoms with E-state index in [2.05, 4.69) is 10.3 Å². The minimum absolute atomic E-state index is 0.0647. The number of ether oxygens (including phenoxy) is 4. The van der Waals surface area contributed by atoms with Gasteiger partial charge in [0.15, 0.2) is 0 Å². The topological polar surface area (TPSA) is 110 Å². The number of benzene rings is 1. The number of hydrogen-bond acceptors (Lipinski definition) is 8. The summed E-state index contributed by atoms with van der Waals surface area (Å²) in [6.07, 6.45) is 3.32. The van der Waals surface area contributed by atoms with Crippen LogP contribution in [0.2, 0.25) is 10.0 Å². The summed E-state index contributed by atoms with van der Waals surface area (Å²) in [7, 11) is 4.62. The molecule has 2 atom stereocenters. The maximum atomic E-state index is 14.2. The first kappa shape index (κ1) is 25.1. The summed E-state index contributed by atoms with van der Waals surface area (Å²) < 4.78 is 23.6. The zero-order valence-corrected chi connectivity index (χ0v) is 21.8. The van der Waals surface area contributed by atoms with Crippen molar-refractivity contribution in [1.29, 1.82) is 0 Å². The Hall–Kier alpha value is -2.56. The first-order valence-electron chi connectivity index (χ1n) is 11.6. The fraction of sp³-hybridized carbons (Fsp3) is 0.440. The highest BCUT2D eigenvalue weighted by atomic mass is 35.5. The number of anilines is 1. The van der Waals surface area contributed by atoms with Gasteiger partial charge in [-0.05, 0) is 18.9 Å². The third-order valence-corrected chi connectivity index (χ3v) is 7.65. The summed E-state index contributed by atoms with van der Waals surface area (Å²) >= 11 is 13.4. The van der Waals surface area contributed by atoms with Crippen LogP contribution in [-0.2, 0) is 15.0 Å².